The molecule has 1 aliphatic rings. The fourth-order valence-corrected chi connectivity index (χ4v) is 1.81. The Morgan fingerprint density at radius 2 is 2.29 bits per heavy atom. The number of nitrogens with zero attached hydrogens (tertiary/aromatic N) is 1. The lowest BCUT2D eigenvalue weighted by molar-refractivity contribution is 0.185. The van der Waals surface area contributed by atoms with Crippen molar-refractivity contribution in [3.05, 3.63) is 17.7 Å². The predicted molar refractivity (Wildman–Crippen MR) is 60.6 cm³/mol. The first-order valence-electron chi connectivity index (χ1n) is 5.60. The van der Waals surface area contributed by atoms with E-state index in [1.807, 2.05) is 0 Å². The topological polar surface area (TPSA) is 60.2 Å². The Labute approximate surface area is 98.2 Å². The molecule has 1 saturated heterocycles. The molecule has 4 nitrogen and oxygen atoms in total. The van der Waals surface area contributed by atoms with Crippen LogP contribution in [0.1, 0.15) is 12.8 Å². The van der Waals surface area contributed by atoms with E-state index >= 15 is 0 Å². The van der Waals surface area contributed by atoms with E-state index in [0.717, 1.165) is 32.1 Å². The second kappa shape index (κ2) is 5.27. The van der Waals surface area contributed by atoms with E-state index < -0.39 is 11.6 Å². The maximum atomic E-state index is 13.3. The van der Waals surface area contributed by atoms with E-state index in [9.17, 15) is 8.78 Å². The number of ether oxygens (including phenoxy) is 1. The molecule has 2 heterocycles. The summed E-state index contributed by atoms with van der Waals surface area (Å²) in [5.74, 6) is -1.35. The lowest BCUT2D eigenvalue weighted by Crippen LogP contribution is -2.12. The van der Waals surface area contributed by atoms with Crippen LogP contribution in [0.3, 0.4) is 0 Å². The van der Waals surface area contributed by atoms with Gasteiger partial charge in [0.2, 0.25) is 0 Å². The molecule has 0 spiro atoms. The minimum atomic E-state index is -0.836. The van der Waals surface area contributed by atoms with Gasteiger partial charge in [-0.1, -0.05) is 0 Å². The molecule has 0 amide bonds. The van der Waals surface area contributed by atoms with Crippen molar-refractivity contribution in [1.82, 2.24) is 4.98 Å². The van der Waals surface area contributed by atoms with Crippen LogP contribution in [0.2, 0.25) is 0 Å². The lowest BCUT2D eigenvalue weighted by atomic mass is 10.1. The second-order valence-corrected chi connectivity index (χ2v) is 4.13. The highest BCUT2D eigenvalue weighted by atomic mass is 19.1. The van der Waals surface area contributed by atoms with Crippen molar-refractivity contribution in [2.45, 2.75) is 12.8 Å². The van der Waals surface area contributed by atoms with Crippen LogP contribution in [-0.2, 0) is 4.74 Å². The van der Waals surface area contributed by atoms with Crippen molar-refractivity contribution in [1.29, 1.82) is 0 Å². The van der Waals surface area contributed by atoms with Gasteiger partial charge < -0.3 is 15.8 Å². The van der Waals surface area contributed by atoms with Crippen LogP contribution in [0.15, 0.2) is 6.07 Å². The largest absolute Gasteiger partial charge is 0.381 e. The Balaban J connectivity index is 1.87. The molecule has 2 rings (SSSR count). The van der Waals surface area contributed by atoms with Gasteiger partial charge in [-0.05, 0) is 18.8 Å². The summed E-state index contributed by atoms with van der Waals surface area (Å²) in [6, 6.07) is 0.739. The first-order chi connectivity index (χ1) is 8.16. The number of halogens is 2. The van der Waals surface area contributed by atoms with E-state index in [0.29, 0.717) is 12.5 Å². The van der Waals surface area contributed by atoms with Gasteiger partial charge >= 0.3 is 0 Å². The average molecular weight is 243 g/mol. The fraction of sp³-hybridized carbons (Fsp3) is 0.545. The van der Waals surface area contributed by atoms with Gasteiger partial charge in [-0.3, -0.25) is 0 Å². The van der Waals surface area contributed by atoms with Gasteiger partial charge in [0.25, 0.3) is 0 Å². The molecule has 1 unspecified atom stereocenters. The molecule has 1 aromatic rings. The molecule has 0 radical (unpaired) electrons. The van der Waals surface area contributed by atoms with Crippen LogP contribution < -0.4 is 11.1 Å². The van der Waals surface area contributed by atoms with E-state index in [2.05, 4.69) is 10.3 Å². The highest BCUT2D eigenvalue weighted by Crippen LogP contribution is 2.19. The summed E-state index contributed by atoms with van der Waals surface area (Å²) in [6.07, 6.45) is 1.90. The maximum Gasteiger partial charge on any atom is 0.168 e. The monoisotopic (exact) mass is 243 g/mol. The first kappa shape index (κ1) is 12.0. The highest BCUT2D eigenvalue weighted by molar-refractivity contribution is 5.44. The maximum absolute atomic E-state index is 13.3. The van der Waals surface area contributed by atoms with Gasteiger partial charge in [-0.25, -0.2) is 13.8 Å². The van der Waals surface area contributed by atoms with Gasteiger partial charge in [-0.15, -0.1) is 0 Å². The van der Waals surface area contributed by atoms with Crippen LogP contribution >= 0.6 is 0 Å². The van der Waals surface area contributed by atoms with Gasteiger partial charge in [0.15, 0.2) is 23.3 Å². The number of anilines is 2. The zero-order chi connectivity index (χ0) is 12.3. The summed E-state index contributed by atoms with van der Waals surface area (Å²) in [5.41, 5.74) is 5.27. The predicted octanol–water partition coefficient (Wildman–Crippen LogP) is 1.78. The third kappa shape index (κ3) is 3.03. The van der Waals surface area contributed by atoms with E-state index in [-0.39, 0.29) is 11.6 Å². The Morgan fingerprint density at radius 3 is 3.00 bits per heavy atom. The van der Waals surface area contributed by atoms with Crippen molar-refractivity contribution in [3.63, 3.8) is 0 Å². The molecule has 1 atom stereocenters. The van der Waals surface area contributed by atoms with Crippen molar-refractivity contribution < 1.29 is 13.5 Å². The SMILES string of the molecule is Nc1nc(NCCC2CCOC2)c(F)cc1F. The molecule has 3 N–H and O–H groups in total. The van der Waals surface area contributed by atoms with Gasteiger partial charge in [-0.2, -0.15) is 0 Å². The number of hydrogen-bond donors (Lipinski definition) is 2. The van der Waals surface area contributed by atoms with Crippen LogP contribution in [0.25, 0.3) is 0 Å². The van der Waals surface area contributed by atoms with Crippen LogP contribution in [-0.4, -0.2) is 24.7 Å². The molecular formula is C11H15F2N3O. The summed E-state index contributed by atoms with van der Waals surface area (Å²) in [7, 11) is 0. The van der Waals surface area contributed by atoms with Gasteiger partial charge in [0.05, 0.1) is 0 Å². The molecule has 0 saturated carbocycles. The van der Waals surface area contributed by atoms with E-state index in [1.54, 1.807) is 0 Å². The van der Waals surface area contributed by atoms with E-state index in [4.69, 9.17) is 10.5 Å². The van der Waals surface area contributed by atoms with Crippen molar-refractivity contribution in [3.8, 4) is 0 Å². The Morgan fingerprint density at radius 1 is 1.47 bits per heavy atom. The molecule has 1 aromatic heterocycles. The molecular weight excluding hydrogens is 228 g/mol. The number of hydrogen-bond acceptors (Lipinski definition) is 4. The molecule has 1 fully saturated rings. The standard InChI is InChI=1S/C11H15F2N3O/c12-8-5-9(13)11(16-10(8)14)15-3-1-7-2-4-17-6-7/h5,7H,1-4,6H2,(H3,14,15,16). The molecule has 0 aliphatic carbocycles. The number of aromatic nitrogens is 1. The van der Waals surface area contributed by atoms with E-state index in [1.165, 1.54) is 0 Å². The number of rotatable bonds is 4. The minimum absolute atomic E-state index is 0.00261. The van der Waals surface area contributed by atoms with Gasteiger partial charge in [0.1, 0.15) is 0 Å². The van der Waals surface area contributed by atoms with Crippen LogP contribution in [0.5, 0.6) is 0 Å². The summed E-state index contributed by atoms with van der Waals surface area (Å²) >= 11 is 0. The summed E-state index contributed by atoms with van der Waals surface area (Å²) in [4.78, 5) is 3.62. The summed E-state index contributed by atoms with van der Waals surface area (Å²) in [5, 5.41) is 2.82. The zero-order valence-electron chi connectivity index (χ0n) is 9.38. The molecule has 17 heavy (non-hydrogen) atoms. The number of pyridine rings is 1. The lowest BCUT2D eigenvalue weighted by Gasteiger charge is -2.10. The normalized spacial score (nSPS) is 19.5. The molecule has 6 heteroatoms. The third-order valence-electron chi connectivity index (χ3n) is 2.83. The minimum Gasteiger partial charge on any atom is -0.381 e. The quantitative estimate of drug-likeness (QED) is 0.846. The highest BCUT2D eigenvalue weighted by Gasteiger charge is 2.15. The van der Waals surface area contributed by atoms with Crippen molar-refractivity contribution in [2.75, 3.05) is 30.8 Å². The Bertz CT molecular complexity index is 395. The smallest absolute Gasteiger partial charge is 0.168 e. The summed E-state index contributed by atoms with van der Waals surface area (Å²) < 4.78 is 31.4. The van der Waals surface area contributed by atoms with Gasteiger partial charge in [0, 0.05) is 25.8 Å². The number of nitrogens with one attached hydrogen (secondary N) is 1. The van der Waals surface area contributed by atoms with Crippen LogP contribution in [0.4, 0.5) is 20.4 Å². The van der Waals surface area contributed by atoms with Crippen molar-refractivity contribution in [2.24, 2.45) is 5.92 Å². The molecule has 0 aromatic carbocycles. The molecule has 0 bridgehead atoms. The fourth-order valence-electron chi connectivity index (χ4n) is 1.81. The Hall–Kier alpha value is -1.43. The zero-order valence-corrected chi connectivity index (χ0v) is 9.38. The van der Waals surface area contributed by atoms with Crippen LogP contribution in [0, 0.1) is 17.6 Å². The molecule has 1 aliphatic heterocycles. The third-order valence-corrected chi connectivity index (χ3v) is 2.83. The number of nitrogens with two attached hydrogens (primary N) is 1. The Kier molecular flexibility index (Phi) is 3.73. The average Bonchev–Trinajstić information content (AvgIpc) is 2.78. The second-order valence-electron chi connectivity index (χ2n) is 4.13. The molecule has 94 valence electrons. The first-order valence-corrected chi connectivity index (χ1v) is 5.60. The van der Waals surface area contributed by atoms with Crippen molar-refractivity contribution >= 4 is 11.6 Å². The summed E-state index contributed by atoms with van der Waals surface area (Å²) in [6.45, 7) is 2.12. The number of nitrogen functional groups attached to an aromatic ring is 1.